The van der Waals surface area contributed by atoms with E-state index in [0.29, 0.717) is 11.5 Å². The third kappa shape index (κ3) is 5.47. The third-order valence-electron chi connectivity index (χ3n) is 5.87. The average Bonchev–Trinajstić information content (AvgIpc) is 3.45. The second-order valence-corrected chi connectivity index (χ2v) is 8.49. The van der Waals surface area contributed by atoms with Crippen LogP contribution < -0.4 is 10.6 Å². The number of carbonyl (C=O) groups excluding carboxylic acids is 1. The van der Waals surface area contributed by atoms with Crippen LogP contribution in [0.1, 0.15) is 45.1 Å². The van der Waals surface area contributed by atoms with Crippen molar-refractivity contribution in [2.24, 2.45) is 16.3 Å². The van der Waals surface area contributed by atoms with Crippen LogP contribution in [-0.4, -0.2) is 49.5 Å². The molecule has 0 unspecified atom stereocenters. The van der Waals surface area contributed by atoms with Gasteiger partial charge in [-0.1, -0.05) is 44.2 Å². The highest BCUT2D eigenvalue weighted by Gasteiger charge is 2.42. The zero-order valence-corrected chi connectivity index (χ0v) is 17.0. The summed E-state index contributed by atoms with van der Waals surface area (Å²) in [4.78, 5) is 18.5. The van der Waals surface area contributed by atoms with Gasteiger partial charge in [0.15, 0.2) is 5.96 Å². The number of amides is 1. The number of likely N-dealkylation sites (tertiary alicyclic amines) is 1. The molecule has 0 spiro atoms. The van der Waals surface area contributed by atoms with Gasteiger partial charge in [-0.05, 0) is 43.1 Å². The van der Waals surface area contributed by atoms with E-state index >= 15 is 0 Å². The van der Waals surface area contributed by atoms with Crippen LogP contribution in [0.2, 0.25) is 0 Å². The van der Waals surface area contributed by atoms with Crippen molar-refractivity contribution in [2.75, 3.05) is 26.7 Å². The Morgan fingerprint density at radius 2 is 1.89 bits per heavy atom. The number of rotatable bonds is 6. The molecule has 5 nitrogen and oxygen atoms in total. The fraction of sp³-hybridized carbons (Fsp3) is 0.636. The quantitative estimate of drug-likeness (QED) is 0.598. The van der Waals surface area contributed by atoms with Crippen LogP contribution in [0.4, 0.5) is 0 Å². The lowest BCUT2D eigenvalue weighted by atomic mass is 9.96. The highest BCUT2D eigenvalue weighted by molar-refractivity contribution is 5.80. The maximum Gasteiger partial charge on any atom is 0.225 e. The van der Waals surface area contributed by atoms with E-state index < -0.39 is 0 Å². The van der Waals surface area contributed by atoms with E-state index in [2.05, 4.69) is 46.0 Å². The molecule has 5 heteroatoms. The standard InChI is InChI=1S/C22H34N4O/c1-17(2)20(27)26-13-9-19(10-14-26)25-21(23-3)24-16-22(11-12-22)15-18-7-5-4-6-8-18/h4-8,17,19H,9-16H2,1-3H3,(H2,23,24,25). The van der Waals surface area contributed by atoms with Crippen molar-refractivity contribution in [3.8, 4) is 0 Å². The van der Waals surface area contributed by atoms with Gasteiger partial charge in [-0.3, -0.25) is 9.79 Å². The van der Waals surface area contributed by atoms with E-state index in [9.17, 15) is 4.79 Å². The number of carbonyl (C=O) groups is 1. The van der Waals surface area contributed by atoms with Crippen LogP contribution in [0.5, 0.6) is 0 Å². The number of hydrogen-bond acceptors (Lipinski definition) is 2. The molecular weight excluding hydrogens is 336 g/mol. The summed E-state index contributed by atoms with van der Waals surface area (Å²) in [6.07, 6.45) is 5.65. The fourth-order valence-corrected chi connectivity index (χ4v) is 3.89. The molecule has 0 aromatic heterocycles. The van der Waals surface area contributed by atoms with Gasteiger partial charge in [0.05, 0.1) is 0 Å². The zero-order valence-electron chi connectivity index (χ0n) is 17.0. The largest absolute Gasteiger partial charge is 0.356 e. The van der Waals surface area contributed by atoms with Gasteiger partial charge in [0.1, 0.15) is 0 Å². The van der Waals surface area contributed by atoms with Crippen molar-refractivity contribution in [2.45, 2.75) is 52.0 Å². The molecule has 2 aliphatic rings. The van der Waals surface area contributed by atoms with Crippen LogP contribution in [0.25, 0.3) is 0 Å². The van der Waals surface area contributed by atoms with E-state index in [4.69, 9.17) is 0 Å². The summed E-state index contributed by atoms with van der Waals surface area (Å²) in [5.74, 6) is 1.25. The lowest BCUT2D eigenvalue weighted by Crippen LogP contribution is -2.51. The van der Waals surface area contributed by atoms with Crippen molar-refractivity contribution in [1.29, 1.82) is 0 Å². The van der Waals surface area contributed by atoms with Crippen LogP contribution in [-0.2, 0) is 11.2 Å². The van der Waals surface area contributed by atoms with Crippen molar-refractivity contribution in [3.63, 3.8) is 0 Å². The van der Waals surface area contributed by atoms with E-state index in [1.807, 2.05) is 25.8 Å². The van der Waals surface area contributed by atoms with Crippen LogP contribution in [0.3, 0.4) is 0 Å². The Balaban J connectivity index is 1.43. The zero-order chi connectivity index (χ0) is 19.3. The molecule has 1 saturated heterocycles. The predicted molar refractivity (Wildman–Crippen MR) is 111 cm³/mol. The number of hydrogen-bond donors (Lipinski definition) is 2. The van der Waals surface area contributed by atoms with Gasteiger partial charge < -0.3 is 15.5 Å². The molecule has 0 atom stereocenters. The summed E-state index contributed by atoms with van der Waals surface area (Å²) in [6.45, 7) is 6.59. The maximum atomic E-state index is 12.1. The lowest BCUT2D eigenvalue weighted by Gasteiger charge is -2.34. The topological polar surface area (TPSA) is 56.7 Å². The molecule has 0 bridgehead atoms. The first-order valence-electron chi connectivity index (χ1n) is 10.3. The molecule has 2 N–H and O–H groups in total. The molecule has 1 amide bonds. The number of guanidine groups is 1. The molecule has 148 valence electrons. The summed E-state index contributed by atoms with van der Waals surface area (Å²) in [6, 6.07) is 11.1. The van der Waals surface area contributed by atoms with Crippen molar-refractivity contribution in [3.05, 3.63) is 35.9 Å². The molecule has 1 heterocycles. The van der Waals surface area contributed by atoms with E-state index in [0.717, 1.165) is 44.9 Å². The Morgan fingerprint density at radius 3 is 2.44 bits per heavy atom. The number of aliphatic imine (C=N–C) groups is 1. The molecule has 1 aliphatic carbocycles. The number of nitrogens with one attached hydrogen (secondary N) is 2. The van der Waals surface area contributed by atoms with E-state index in [1.165, 1.54) is 18.4 Å². The molecule has 0 radical (unpaired) electrons. The van der Waals surface area contributed by atoms with Crippen molar-refractivity contribution in [1.82, 2.24) is 15.5 Å². The Labute approximate surface area is 163 Å². The monoisotopic (exact) mass is 370 g/mol. The van der Waals surface area contributed by atoms with Gasteiger partial charge in [0.25, 0.3) is 0 Å². The van der Waals surface area contributed by atoms with Gasteiger partial charge in [-0.2, -0.15) is 0 Å². The summed E-state index contributed by atoms with van der Waals surface area (Å²) in [5.41, 5.74) is 1.80. The van der Waals surface area contributed by atoms with Gasteiger partial charge in [0, 0.05) is 38.6 Å². The van der Waals surface area contributed by atoms with E-state index in [1.54, 1.807) is 0 Å². The Bertz CT molecular complexity index is 644. The molecule has 2 fully saturated rings. The molecule has 1 saturated carbocycles. The second kappa shape index (κ2) is 8.77. The lowest BCUT2D eigenvalue weighted by molar-refractivity contribution is -0.135. The highest BCUT2D eigenvalue weighted by atomic mass is 16.2. The minimum atomic E-state index is 0.0864. The highest BCUT2D eigenvalue weighted by Crippen LogP contribution is 2.47. The third-order valence-corrected chi connectivity index (χ3v) is 5.87. The molecule has 1 aromatic rings. The van der Waals surface area contributed by atoms with Crippen molar-refractivity contribution < 1.29 is 4.79 Å². The Morgan fingerprint density at radius 1 is 1.22 bits per heavy atom. The van der Waals surface area contributed by atoms with Crippen LogP contribution >= 0.6 is 0 Å². The minimum Gasteiger partial charge on any atom is -0.356 e. The smallest absolute Gasteiger partial charge is 0.225 e. The van der Waals surface area contributed by atoms with Crippen LogP contribution in [0.15, 0.2) is 35.3 Å². The molecular formula is C22H34N4O. The summed E-state index contributed by atoms with van der Waals surface area (Å²) in [5, 5.41) is 7.11. The summed E-state index contributed by atoms with van der Waals surface area (Å²) < 4.78 is 0. The van der Waals surface area contributed by atoms with Crippen LogP contribution in [0, 0.1) is 11.3 Å². The minimum absolute atomic E-state index is 0.0864. The predicted octanol–water partition coefficient (Wildman–Crippen LogP) is 2.82. The SMILES string of the molecule is CN=C(NCC1(Cc2ccccc2)CC1)NC1CCN(C(=O)C(C)C)CC1. The van der Waals surface area contributed by atoms with Gasteiger partial charge in [-0.15, -0.1) is 0 Å². The fourth-order valence-electron chi connectivity index (χ4n) is 3.89. The Hall–Kier alpha value is -2.04. The van der Waals surface area contributed by atoms with Gasteiger partial charge >= 0.3 is 0 Å². The first-order valence-corrected chi connectivity index (χ1v) is 10.3. The van der Waals surface area contributed by atoms with Crippen molar-refractivity contribution >= 4 is 11.9 Å². The number of benzene rings is 1. The van der Waals surface area contributed by atoms with Gasteiger partial charge in [0.2, 0.25) is 5.91 Å². The molecule has 3 rings (SSSR count). The molecule has 1 aliphatic heterocycles. The van der Waals surface area contributed by atoms with E-state index in [-0.39, 0.29) is 11.8 Å². The Kier molecular flexibility index (Phi) is 6.40. The second-order valence-electron chi connectivity index (χ2n) is 8.49. The first-order chi connectivity index (χ1) is 13.0. The summed E-state index contributed by atoms with van der Waals surface area (Å²) >= 11 is 0. The average molecular weight is 371 g/mol. The van der Waals surface area contributed by atoms with Gasteiger partial charge in [-0.25, -0.2) is 0 Å². The first kappa shape index (κ1) is 19.7. The number of piperidine rings is 1. The molecule has 27 heavy (non-hydrogen) atoms. The normalized spacial score (nSPS) is 19.9. The maximum absolute atomic E-state index is 12.1. The number of nitrogens with zero attached hydrogens (tertiary/aromatic N) is 2. The molecule has 1 aromatic carbocycles. The summed E-state index contributed by atoms with van der Waals surface area (Å²) in [7, 11) is 1.84.